The van der Waals surface area contributed by atoms with Crippen molar-refractivity contribution in [2.75, 3.05) is 13.1 Å². The van der Waals surface area contributed by atoms with Crippen LogP contribution in [0.1, 0.15) is 83.1 Å². The van der Waals surface area contributed by atoms with Crippen molar-refractivity contribution in [1.82, 2.24) is 10.6 Å². The molecular weight excluding hydrogens is 306 g/mol. The summed E-state index contributed by atoms with van der Waals surface area (Å²) in [7, 11) is 0. The van der Waals surface area contributed by atoms with E-state index in [4.69, 9.17) is 0 Å². The van der Waals surface area contributed by atoms with Crippen molar-refractivity contribution in [3.8, 4) is 0 Å². The topological polar surface area (TPSA) is 36.4 Å². The summed E-state index contributed by atoms with van der Waals surface area (Å²) in [5.74, 6) is 0.911. The lowest BCUT2D eigenvalue weighted by molar-refractivity contribution is 0.556. The molecule has 1 saturated heterocycles. The Morgan fingerprint density at radius 3 is 1.92 bits per heavy atom. The number of aliphatic imine (C=N–C) groups is 1. The molecule has 0 bridgehead atoms. The molecule has 1 fully saturated rings. The quantitative estimate of drug-likeness (QED) is 0.476. The molecule has 1 aliphatic rings. The van der Waals surface area contributed by atoms with E-state index in [-0.39, 0.29) is 0 Å². The van der Waals surface area contributed by atoms with Crippen molar-refractivity contribution in [1.29, 1.82) is 0 Å². The van der Waals surface area contributed by atoms with E-state index in [0.717, 1.165) is 31.2 Å². The fourth-order valence-corrected chi connectivity index (χ4v) is 3.33. The molecule has 0 amide bonds. The van der Waals surface area contributed by atoms with Gasteiger partial charge in [-0.25, -0.2) is 4.99 Å². The SMILES string of the molecule is CCCCCCCCCCCCc1ccc(N=C2NCCCN2)cc1. The third-order valence-corrected chi connectivity index (χ3v) is 4.93. The van der Waals surface area contributed by atoms with Crippen LogP contribution in [0.2, 0.25) is 0 Å². The maximum Gasteiger partial charge on any atom is 0.196 e. The van der Waals surface area contributed by atoms with Crippen molar-refractivity contribution in [3.63, 3.8) is 0 Å². The van der Waals surface area contributed by atoms with Crippen LogP contribution in [0, 0.1) is 0 Å². The molecule has 3 nitrogen and oxygen atoms in total. The highest BCUT2D eigenvalue weighted by Crippen LogP contribution is 2.16. The van der Waals surface area contributed by atoms with Crippen molar-refractivity contribution < 1.29 is 0 Å². The Morgan fingerprint density at radius 2 is 1.32 bits per heavy atom. The predicted molar refractivity (Wildman–Crippen MR) is 110 cm³/mol. The van der Waals surface area contributed by atoms with Crippen molar-refractivity contribution in [2.24, 2.45) is 4.99 Å². The lowest BCUT2D eigenvalue weighted by Crippen LogP contribution is -2.43. The molecule has 0 saturated carbocycles. The summed E-state index contributed by atoms with van der Waals surface area (Å²) in [5, 5.41) is 6.59. The zero-order valence-corrected chi connectivity index (χ0v) is 16.2. The minimum atomic E-state index is 0.911. The molecule has 0 aliphatic carbocycles. The van der Waals surface area contributed by atoms with Crippen LogP contribution in [-0.2, 0) is 6.42 Å². The fraction of sp³-hybridized carbons (Fsp3) is 0.682. The first-order valence-electron chi connectivity index (χ1n) is 10.5. The normalized spacial score (nSPS) is 14.0. The highest BCUT2D eigenvalue weighted by molar-refractivity contribution is 5.83. The number of aryl methyl sites for hydroxylation is 1. The summed E-state index contributed by atoms with van der Waals surface area (Å²) in [5.41, 5.74) is 2.47. The smallest absolute Gasteiger partial charge is 0.196 e. The molecule has 3 heteroatoms. The van der Waals surface area contributed by atoms with E-state index in [0.29, 0.717) is 0 Å². The molecule has 1 aromatic carbocycles. The second kappa shape index (κ2) is 12.8. The second-order valence-electron chi connectivity index (χ2n) is 7.27. The van der Waals surface area contributed by atoms with Crippen LogP contribution in [0.5, 0.6) is 0 Å². The Balaban J connectivity index is 1.53. The summed E-state index contributed by atoms with van der Waals surface area (Å²) >= 11 is 0. The van der Waals surface area contributed by atoms with Gasteiger partial charge in [-0.3, -0.25) is 0 Å². The molecule has 140 valence electrons. The van der Waals surface area contributed by atoms with Gasteiger partial charge < -0.3 is 10.6 Å². The molecule has 1 heterocycles. The van der Waals surface area contributed by atoms with Gasteiger partial charge in [-0.15, -0.1) is 0 Å². The molecule has 25 heavy (non-hydrogen) atoms. The highest BCUT2D eigenvalue weighted by Gasteiger charge is 2.03. The minimum Gasteiger partial charge on any atom is -0.356 e. The van der Waals surface area contributed by atoms with Crippen LogP contribution in [-0.4, -0.2) is 19.0 Å². The summed E-state index contributed by atoms with van der Waals surface area (Å²) in [4.78, 5) is 4.61. The number of nitrogens with zero attached hydrogens (tertiary/aromatic N) is 1. The first-order chi connectivity index (χ1) is 12.4. The Bertz CT molecular complexity index is 471. The standard InChI is InChI=1S/C22H37N3/c1-2-3-4-5-6-7-8-9-10-11-13-20-14-16-21(17-15-20)25-22-23-18-12-19-24-22/h14-17H,2-13,18-19H2,1H3,(H2,23,24,25). The second-order valence-corrected chi connectivity index (χ2v) is 7.27. The van der Waals surface area contributed by atoms with E-state index in [1.54, 1.807) is 0 Å². The molecule has 0 spiro atoms. The largest absolute Gasteiger partial charge is 0.356 e. The van der Waals surface area contributed by atoms with Crippen LogP contribution in [0.3, 0.4) is 0 Å². The molecular formula is C22H37N3. The Hall–Kier alpha value is -1.51. The van der Waals surface area contributed by atoms with Crippen molar-refractivity contribution in [2.45, 2.75) is 84.0 Å². The average molecular weight is 344 g/mol. The van der Waals surface area contributed by atoms with E-state index in [1.165, 1.54) is 76.2 Å². The van der Waals surface area contributed by atoms with Gasteiger partial charge in [0.25, 0.3) is 0 Å². The van der Waals surface area contributed by atoms with Crippen molar-refractivity contribution in [3.05, 3.63) is 29.8 Å². The van der Waals surface area contributed by atoms with Crippen molar-refractivity contribution >= 4 is 11.6 Å². The van der Waals surface area contributed by atoms with Gasteiger partial charge in [0.05, 0.1) is 5.69 Å². The highest BCUT2D eigenvalue weighted by atomic mass is 15.2. The molecule has 2 N–H and O–H groups in total. The van der Waals surface area contributed by atoms with Crippen LogP contribution < -0.4 is 10.6 Å². The van der Waals surface area contributed by atoms with Crippen LogP contribution in [0.4, 0.5) is 5.69 Å². The van der Waals surface area contributed by atoms with Crippen LogP contribution in [0.25, 0.3) is 0 Å². The number of hydrogen-bond donors (Lipinski definition) is 2. The molecule has 0 radical (unpaired) electrons. The van der Waals surface area contributed by atoms with E-state index in [1.807, 2.05) is 0 Å². The summed E-state index contributed by atoms with van der Waals surface area (Å²) in [6, 6.07) is 8.74. The zero-order chi connectivity index (χ0) is 17.6. The summed E-state index contributed by atoms with van der Waals surface area (Å²) in [6.07, 6.45) is 16.4. The number of benzene rings is 1. The molecule has 1 aromatic rings. The average Bonchev–Trinajstić information content (AvgIpc) is 2.65. The third kappa shape index (κ3) is 8.94. The number of rotatable bonds is 12. The van der Waals surface area contributed by atoms with Gasteiger partial charge in [-0.2, -0.15) is 0 Å². The molecule has 0 aromatic heterocycles. The van der Waals surface area contributed by atoms with E-state index < -0.39 is 0 Å². The van der Waals surface area contributed by atoms with Crippen LogP contribution >= 0.6 is 0 Å². The summed E-state index contributed by atoms with van der Waals surface area (Å²) in [6.45, 7) is 4.32. The monoisotopic (exact) mass is 343 g/mol. The van der Waals surface area contributed by atoms with Gasteiger partial charge in [0.2, 0.25) is 0 Å². The fourth-order valence-electron chi connectivity index (χ4n) is 3.33. The number of unbranched alkanes of at least 4 members (excludes halogenated alkanes) is 9. The summed E-state index contributed by atoms with van der Waals surface area (Å²) < 4.78 is 0. The van der Waals surface area contributed by atoms with Gasteiger partial charge >= 0.3 is 0 Å². The molecule has 0 unspecified atom stereocenters. The Morgan fingerprint density at radius 1 is 0.760 bits per heavy atom. The predicted octanol–water partition coefficient (Wildman–Crippen LogP) is 5.72. The van der Waals surface area contributed by atoms with Gasteiger partial charge in [0.1, 0.15) is 0 Å². The molecule has 0 atom stereocenters. The molecule has 1 aliphatic heterocycles. The first-order valence-corrected chi connectivity index (χ1v) is 10.5. The Kier molecular flexibility index (Phi) is 10.1. The maximum absolute atomic E-state index is 4.61. The number of guanidine groups is 1. The lowest BCUT2D eigenvalue weighted by Gasteiger charge is -2.17. The van der Waals surface area contributed by atoms with Crippen LogP contribution in [0.15, 0.2) is 29.3 Å². The Labute approximate surface area is 154 Å². The molecule has 2 rings (SSSR count). The zero-order valence-electron chi connectivity index (χ0n) is 16.2. The van der Waals surface area contributed by atoms with E-state index >= 15 is 0 Å². The van der Waals surface area contributed by atoms with E-state index in [2.05, 4.69) is 46.8 Å². The minimum absolute atomic E-state index is 0.911. The van der Waals surface area contributed by atoms with Gasteiger partial charge in [0.15, 0.2) is 5.96 Å². The maximum atomic E-state index is 4.61. The van der Waals surface area contributed by atoms with Gasteiger partial charge in [-0.05, 0) is 37.0 Å². The first kappa shape index (κ1) is 19.8. The number of hydrogen-bond acceptors (Lipinski definition) is 1. The van der Waals surface area contributed by atoms with Gasteiger partial charge in [0, 0.05) is 13.1 Å². The van der Waals surface area contributed by atoms with E-state index in [9.17, 15) is 0 Å². The van der Waals surface area contributed by atoms with Gasteiger partial charge in [-0.1, -0.05) is 76.8 Å². The third-order valence-electron chi connectivity index (χ3n) is 4.93. The lowest BCUT2D eigenvalue weighted by atomic mass is 10.0. The number of nitrogens with one attached hydrogen (secondary N) is 2.